The molecule has 0 bridgehead atoms. The van der Waals surface area contributed by atoms with Gasteiger partial charge in [-0.3, -0.25) is 4.79 Å². The van der Waals surface area contributed by atoms with Crippen LogP contribution in [0.1, 0.15) is 65.7 Å². The highest BCUT2D eigenvalue weighted by Gasteiger charge is 2.15. The van der Waals surface area contributed by atoms with Gasteiger partial charge in [-0.1, -0.05) is 46.0 Å². The van der Waals surface area contributed by atoms with Gasteiger partial charge < -0.3 is 5.32 Å². The van der Waals surface area contributed by atoms with Crippen molar-refractivity contribution in [3.8, 4) is 0 Å². The molecule has 1 amide bonds. The van der Waals surface area contributed by atoms with E-state index in [-0.39, 0.29) is 11.8 Å². The van der Waals surface area contributed by atoms with Gasteiger partial charge in [0, 0.05) is 12.5 Å². The Morgan fingerprint density at radius 3 is 2.27 bits per heavy atom. The normalized spacial score (nSPS) is 12.5. The van der Waals surface area contributed by atoms with Crippen LogP contribution in [-0.4, -0.2) is 12.5 Å². The number of unbranched alkanes of at least 4 members (excludes halogenated alkanes) is 3. The highest BCUT2D eigenvalue weighted by Crippen LogP contribution is 2.16. The third-order valence-corrected chi connectivity index (χ3v) is 2.77. The fourth-order valence-electron chi connectivity index (χ4n) is 1.89. The molecule has 0 saturated carbocycles. The summed E-state index contributed by atoms with van der Waals surface area (Å²) < 4.78 is 0. The van der Waals surface area contributed by atoms with Gasteiger partial charge in [-0.05, 0) is 19.8 Å². The number of amides is 1. The molecule has 0 aromatic rings. The van der Waals surface area contributed by atoms with Gasteiger partial charge in [0.05, 0.1) is 0 Å². The quantitative estimate of drug-likeness (QED) is 0.583. The first-order valence-electron chi connectivity index (χ1n) is 6.53. The van der Waals surface area contributed by atoms with Crippen molar-refractivity contribution >= 4 is 5.91 Å². The SMILES string of the molecule is CCCCCCC(CCC)C(=O)NCC. The van der Waals surface area contributed by atoms with Crippen molar-refractivity contribution in [2.24, 2.45) is 5.92 Å². The zero-order chi connectivity index (χ0) is 11.5. The molecule has 15 heavy (non-hydrogen) atoms. The minimum Gasteiger partial charge on any atom is -0.356 e. The molecule has 0 aliphatic carbocycles. The summed E-state index contributed by atoms with van der Waals surface area (Å²) in [5.74, 6) is 0.516. The van der Waals surface area contributed by atoms with Gasteiger partial charge in [0.2, 0.25) is 5.91 Å². The highest BCUT2D eigenvalue weighted by molar-refractivity contribution is 5.78. The lowest BCUT2D eigenvalue weighted by atomic mass is 9.95. The number of carbonyl (C=O) groups is 1. The maximum absolute atomic E-state index is 11.7. The highest BCUT2D eigenvalue weighted by atomic mass is 16.1. The molecular weight excluding hydrogens is 186 g/mol. The smallest absolute Gasteiger partial charge is 0.223 e. The summed E-state index contributed by atoms with van der Waals surface area (Å²) in [5, 5.41) is 2.93. The van der Waals surface area contributed by atoms with Gasteiger partial charge in [-0.2, -0.15) is 0 Å². The van der Waals surface area contributed by atoms with Crippen molar-refractivity contribution in [1.29, 1.82) is 0 Å². The standard InChI is InChI=1S/C13H27NO/c1-4-7-8-9-11-12(10-5-2)13(15)14-6-3/h12H,4-11H2,1-3H3,(H,14,15). The average Bonchev–Trinajstić information content (AvgIpc) is 2.23. The Morgan fingerprint density at radius 2 is 1.73 bits per heavy atom. The van der Waals surface area contributed by atoms with E-state index in [1.165, 1.54) is 25.7 Å². The molecule has 2 nitrogen and oxygen atoms in total. The van der Waals surface area contributed by atoms with Crippen LogP contribution in [0.15, 0.2) is 0 Å². The van der Waals surface area contributed by atoms with Crippen LogP contribution >= 0.6 is 0 Å². The molecule has 0 fully saturated rings. The van der Waals surface area contributed by atoms with Gasteiger partial charge in [0.25, 0.3) is 0 Å². The summed E-state index contributed by atoms with van der Waals surface area (Å²) in [6.45, 7) is 7.11. The average molecular weight is 213 g/mol. The first-order valence-corrected chi connectivity index (χ1v) is 6.53. The maximum Gasteiger partial charge on any atom is 0.223 e. The fraction of sp³-hybridized carbons (Fsp3) is 0.923. The van der Waals surface area contributed by atoms with Crippen LogP contribution in [0.25, 0.3) is 0 Å². The third kappa shape index (κ3) is 7.40. The van der Waals surface area contributed by atoms with Gasteiger partial charge >= 0.3 is 0 Å². The van der Waals surface area contributed by atoms with E-state index in [1.54, 1.807) is 0 Å². The van der Waals surface area contributed by atoms with E-state index in [0.717, 1.165) is 25.8 Å². The van der Waals surface area contributed by atoms with Crippen LogP contribution in [0.3, 0.4) is 0 Å². The monoisotopic (exact) mass is 213 g/mol. The van der Waals surface area contributed by atoms with Crippen LogP contribution in [0.5, 0.6) is 0 Å². The lowest BCUT2D eigenvalue weighted by Crippen LogP contribution is -2.30. The van der Waals surface area contributed by atoms with Crippen molar-refractivity contribution in [1.82, 2.24) is 5.32 Å². The Balaban J connectivity index is 3.76. The number of carbonyl (C=O) groups excluding carboxylic acids is 1. The zero-order valence-electron chi connectivity index (χ0n) is 10.6. The first-order chi connectivity index (χ1) is 7.26. The second-order valence-electron chi connectivity index (χ2n) is 4.23. The second-order valence-corrected chi connectivity index (χ2v) is 4.23. The molecule has 2 heteroatoms. The Hall–Kier alpha value is -0.530. The van der Waals surface area contributed by atoms with E-state index in [0.29, 0.717) is 0 Å². The molecule has 1 atom stereocenters. The summed E-state index contributed by atoms with van der Waals surface area (Å²) in [4.78, 5) is 11.7. The number of rotatable bonds is 9. The van der Waals surface area contributed by atoms with Gasteiger partial charge in [0.15, 0.2) is 0 Å². The Morgan fingerprint density at radius 1 is 1.00 bits per heavy atom. The molecule has 0 aromatic heterocycles. The molecule has 90 valence electrons. The minimum absolute atomic E-state index is 0.256. The fourth-order valence-corrected chi connectivity index (χ4v) is 1.89. The topological polar surface area (TPSA) is 29.1 Å². The molecule has 1 N–H and O–H groups in total. The van der Waals surface area contributed by atoms with E-state index < -0.39 is 0 Å². The predicted molar refractivity (Wildman–Crippen MR) is 65.8 cm³/mol. The van der Waals surface area contributed by atoms with E-state index >= 15 is 0 Å². The number of hydrogen-bond donors (Lipinski definition) is 1. The summed E-state index contributed by atoms with van der Waals surface area (Å²) in [7, 11) is 0. The third-order valence-electron chi connectivity index (χ3n) is 2.77. The number of nitrogens with one attached hydrogen (secondary N) is 1. The summed E-state index contributed by atoms with van der Waals surface area (Å²) in [6, 6.07) is 0. The van der Waals surface area contributed by atoms with Crippen molar-refractivity contribution in [2.45, 2.75) is 65.7 Å². The van der Waals surface area contributed by atoms with E-state index in [4.69, 9.17) is 0 Å². The van der Waals surface area contributed by atoms with Crippen LogP contribution in [0.4, 0.5) is 0 Å². The molecule has 1 unspecified atom stereocenters. The van der Waals surface area contributed by atoms with E-state index in [2.05, 4.69) is 19.2 Å². The minimum atomic E-state index is 0.256. The lowest BCUT2D eigenvalue weighted by Gasteiger charge is -2.15. The molecule has 0 heterocycles. The Labute approximate surface area is 94.8 Å². The zero-order valence-corrected chi connectivity index (χ0v) is 10.6. The van der Waals surface area contributed by atoms with Crippen LogP contribution < -0.4 is 5.32 Å². The van der Waals surface area contributed by atoms with E-state index in [1.807, 2.05) is 6.92 Å². The van der Waals surface area contributed by atoms with Crippen molar-refractivity contribution < 1.29 is 4.79 Å². The van der Waals surface area contributed by atoms with Crippen molar-refractivity contribution in [2.75, 3.05) is 6.54 Å². The van der Waals surface area contributed by atoms with Gasteiger partial charge in [-0.25, -0.2) is 0 Å². The number of hydrogen-bond acceptors (Lipinski definition) is 1. The molecule has 0 radical (unpaired) electrons. The second kappa shape index (κ2) is 10.0. The molecule has 0 rings (SSSR count). The van der Waals surface area contributed by atoms with Gasteiger partial charge in [0.1, 0.15) is 0 Å². The van der Waals surface area contributed by atoms with Crippen LogP contribution in [0.2, 0.25) is 0 Å². The molecule has 0 saturated heterocycles. The molecule has 0 aliphatic rings. The summed E-state index contributed by atoms with van der Waals surface area (Å²) in [5.41, 5.74) is 0. The van der Waals surface area contributed by atoms with Crippen molar-refractivity contribution in [3.05, 3.63) is 0 Å². The maximum atomic E-state index is 11.7. The Kier molecular flexibility index (Phi) is 9.65. The lowest BCUT2D eigenvalue weighted by molar-refractivity contribution is -0.125. The van der Waals surface area contributed by atoms with Crippen LogP contribution in [-0.2, 0) is 4.79 Å². The molecule has 0 aliphatic heterocycles. The van der Waals surface area contributed by atoms with Crippen LogP contribution in [0, 0.1) is 5.92 Å². The first kappa shape index (κ1) is 14.5. The predicted octanol–water partition coefficient (Wildman–Crippen LogP) is 3.51. The molecule has 0 aromatic carbocycles. The van der Waals surface area contributed by atoms with E-state index in [9.17, 15) is 4.79 Å². The Bertz CT molecular complexity index is 157. The molecular formula is C13H27NO. The molecule has 0 spiro atoms. The largest absolute Gasteiger partial charge is 0.356 e. The summed E-state index contributed by atoms with van der Waals surface area (Å²) in [6.07, 6.45) is 8.26. The van der Waals surface area contributed by atoms with Crippen molar-refractivity contribution in [3.63, 3.8) is 0 Å². The van der Waals surface area contributed by atoms with Gasteiger partial charge in [-0.15, -0.1) is 0 Å². The summed E-state index contributed by atoms with van der Waals surface area (Å²) >= 11 is 0.